The molecule has 0 aliphatic carbocycles. The van der Waals surface area contributed by atoms with Crippen molar-refractivity contribution >= 4 is 19.8 Å². The summed E-state index contributed by atoms with van der Waals surface area (Å²) in [6.45, 7) is 5.14. The van der Waals surface area contributed by atoms with Crippen molar-refractivity contribution in [1.29, 1.82) is 0 Å². The molecule has 300 valence electrons. The lowest BCUT2D eigenvalue weighted by atomic mass is 10.0. The number of carbonyl (C=O) groups is 2. The molecular formula is C41H83ClNO6P. The number of unbranched alkanes of at least 4 members (excludes halogenated alkanes) is 28. The Kier molecular flexibility index (Phi) is 37.8. The summed E-state index contributed by atoms with van der Waals surface area (Å²) in [5.74, 6) is -1.24. The maximum Gasteiger partial charge on any atom is 0.592 e. The first-order valence-electron chi connectivity index (χ1n) is 21.1. The van der Waals surface area contributed by atoms with Crippen molar-refractivity contribution < 1.29 is 44.6 Å². The van der Waals surface area contributed by atoms with E-state index in [1.165, 1.54) is 154 Å². The Balaban J connectivity index is 0. The van der Waals surface area contributed by atoms with Gasteiger partial charge in [-0.2, -0.15) is 0 Å². The topological polar surface area (TPSA) is 78.9 Å². The number of rotatable bonds is 38. The predicted molar refractivity (Wildman–Crippen MR) is 208 cm³/mol. The molecule has 0 aliphatic rings. The van der Waals surface area contributed by atoms with Gasteiger partial charge in [-0.15, -0.1) is 0 Å². The van der Waals surface area contributed by atoms with Crippen LogP contribution in [0.4, 0.5) is 0 Å². The summed E-state index contributed by atoms with van der Waals surface area (Å²) in [4.78, 5) is 25.1. The van der Waals surface area contributed by atoms with E-state index in [4.69, 9.17) is 13.6 Å². The minimum atomic E-state index is -4.31. The lowest BCUT2D eigenvalue weighted by molar-refractivity contribution is -0.870. The van der Waals surface area contributed by atoms with Gasteiger partial charge in [-0.1, -0.05) is 194 Å². The molecule has 50 heavy (non-hydrogen) atoms. The fourth-order valence-electron chi connectivity index (χ4n) is 6.12. The van der Waals surface area contributed by atoms with Crippen molar-refractivity contribution in [2.75, 3.05) is 34.3 Å². The van der Waals surface area contributed by atoms with E-state index in [9.17, 15) is 14.2 Å². The Morgan fingerprint density at radius 1 is 0.440 bits per heavy atom. The van der Waals surface area contributed by atoms with E-state index in [2.05, 4.69) is 13.8 Å². The second-order valence-electron chi connectivity index (χ2n) is 15.6. The second kappa shape index (κ2) is 36.7. The number of likely N-dealkylation sites (N-methyl/N-ethyl adjacent to an activating group) is 1. The molecule has 0 aromatic heterocycles. The molecule has 0 heterocycles. The Morgan fingerprint density at radius 3 is 0.920 bits per heavy atom. The van der Waals surface area contributed by atoms with E-state index in [0.29, 0.717) is 23.9 Å². The summed E-state index contributed by atoms with van der Waals surface area (Å²) in [5.41, 5.74) is 0. The Hall–Kier alpha value is -0.620. The molecule has 0 atom stereocenters. The zero-order chi connectivity index (χ0) is 36.3. The molecule has 0 spiro atoms. The van der Waals surface area contributed by atoms with Crippen LogP contribution in [0.5, 0.6) is 0 Å². The Labute approximate surface area is 317 Å². The summed E-state index contributed by atoms with van der Waals surface area (Å²) in [5, 5.41) is 0. The third kappa shape index (κ3) is 38.6. The third-order valence-corrected chi connectivity index (χ3v) is 10.8. The normalized spacial score (nSPS) is 11.8. The van der Waals surface area contributed by atoms with Gasteiger partial charge in [-0.3, -0.25) is 14.1 Å². The molecule has 0 saturated carbocycles. The Morgan fingerprint density at radius 2 is 0.680 bits per heavy atom. The van der Waals surface area contributed by atoms with Crippen molar-refractivity contribution in [3.05, 3.63) is 0 Å². The SMILES string of the molecule is CCCCCCCCCCCCCCCCCC(=O)OP(=O)(OCC[N+](C)(C)C)OC(=O)CCCCCCCCCCCCCCCCC.[Cl-]. The Bertz CT molecular complexity index is 754. The van der Waals surface area contributed by atoms with Crippen molar-refractivity contribution in [1.82, 2.24) is 0 Å². The van der Waals surface area contributed by atoms with Gasteiger partial charge in [0.25, 0.3) is 0 Å². The number of quaternary nitrogens is 1. The quantitative estimate of drug-likeness (QED) is 0.0355. The second-order valence-corrected chi connectivity index (χ2v) is 17.1. The van der Waals surface area contributed by atoms with Crippen LogP contribution in [0.1, 0.15) is 219 Å². The highest BCUT2D eigenvalue weighted by Gasteiger charge is 2.35. The monoisotopic (exact) mass is 752 g/mol. The van der Waals surface area contributed by atoms with Gasteiger partial charge in [0.05, 0.1) is 21.1 Å². The number of halogens is 1. The van der Waals surface area contributed by atoms with E-state index in [0.717, 1.165) is 25.7 Å². The van der Waals surface area contributed by atoms with Crippen LogP contribution < -0.4 is 12.4 Å². The smallest absolute Gasteiger partial charge is 0.592 e. The number of phosphoric acid groups is 1. The number of phosphoric ester groups is 1. The summed E-state index contributed by atoms with van der Waals surface area (Å²) in [6.07, 6.45) is 37.7. The van der Waals surface area contributed by atoms with E-state index in [-0.39, 0.29) is 31.9 Å². The first-order valence-corrected chi connectivity index (χ1v) is 22.6. The van der Waals surface area contributed by atoms with Crippen molar-refractivity contribution in [3.63, 3.8) is 0 Å². The molecule has 0 amide bonds. The molecule has 9 heteroatoms. The van der Waals surface area contributed by atoms with E-state index >= 15 is 0 Å². The zero-order valence-electron chi connectivity index (χ0n) is 33.8. The first kappa shape index (κ1) is 51.5. The number of nitrogens with zero attached hydrogens (tertiary/aromatic N) is 1. The van der Waals surface area contributed by atoms with Gasteiger partial charge in [0, 0.05) is 12.8 Å². The molecule has 0 radical (unpaired) electrons. The fraction of sp³-hybridized carbons (Fsp3) is 0.951. The van der Waals surface area contributed by atoms with Crippen LogP contribution in [0.25, 0.3) is 0 Å². The average Bonchev–Trinajstić information content (AvgIpc) is 3.04. The van der Waals surface area contributed by atoms with Gasteiger partial charge in [-0.25, -0.2) is 4.57 Å². The standard InChI is InChI=1S/C41H83NO6P.ClH/c1-6-8-10-12-14-16-18-20-22-24-26-28-30-32-34-36-40(43)47-49(45,46-39-38-42(3,4)5)48-41(44)37-35-33-31-29-27-25-23-21-19-17-15-13-11-9-7-2;/h6-39H2,1-5H3;1H/q+1;/p-1. The van der Waals surface area contributed by atoms with Gasteiger partial charge < -0.3 is 25.9 Å². The molecule has 0 aromatic rings. The van der Waals surface area contributed by atoms with Gasteiger partial charge >= 0.3 is 19.8 Å². The third-order valence-electron chi connectivity index (χ3n) is 9.41. The first-order chi connectivity index (χ1) is 23.6. The summed E-state index contributed by atoms with van der Waals surface area (Å²) >= 11 is 0. The van der Waals surface area contributed by atoms with Crippen LogP contribution in [0.3, 0.4) is 0 Å². The molecule has 0 rings (SSSR count). The molecule has 0 saturated heterocycles. The molecule has 0 N–H and O–H groups in total. The highest BCUT2D eigenvalue weighted by atomic mass is 35.5. The van der Waals surface area contributed by atoms with Crippen LogP contribution >= 0.6 is 7.82 Å². The maximum absolute atomic E-state index is 13.3. The molecule has 0 aromatic carbocycles. The highest BCUT2D eigenvalue weighted by molar-refractivity contribution is 7.49. The van der Waals surface area contributed by atoms with Gasteiger partial charge in [0.15, 0.2) is 0 Å². The summed E-state index contributed by atoms with van der Waals surface area (Å²) in [7, 11) is 1.65. The lowest BCUT2D eigenvalue weighted by Gasteiger charge is -2.24. The average molecular weight is 753 g/mol. The van der Waals surface area contributed by atoms with Crippen LogP contribution in [0.15, 0.2) is 0 Å². The fourth-order valence-corrected chi connectivity index (χ4v) is 7.25. The molecule has 0 unspecified atom stereocenters. The van der Waals surface area contributed by atoms with Crippen LogP contribution in [-0.2, 0) is 27.7 Å². The minimum Gasteiger partial charge on any atom is -1.00 e. The number of hydrogen-bond donors (Lipinski definition) is 0. The largest absolute Gasteiger partial charge is 1.00 e. The van der Waals surface area contributed by atoms with Gasteiger partial charge in [-0.05, 0) is 12.8 Å². The zero-order valence-corrected chi connectivity index (χ0v) is 35.4. The maximum atomic E-state index is 13.3. The van der Waals surface area contributed by atoms with Crippen molar-refractivity contribution in [2.45, 2.75) is 219 Å². The molecule has 0 aliphatic heterocycles. The van der Waals surface area contributed by atoms with E-state index in [1.54, 1.807) is 0 Å². The molecule has 0 fully saturated rings. The van der Waals surface area contributed by atoms with Crippen molar-refractivity contribution in [2.24, 2.45) is 0 Å². The van der Waals surface area contributed by atoms with E-state index < -0.39 is 19.8 Å². The summed E-state index contributed by atoms with van der Waals surface area (Å²) in [6, 6.07) is 0. The number of hydrogen-bond acceptors (Lipinski definition) is 6. The minimum absolute atomic E-state index is 0. The molecular weight excluding hydrogens is 669 g/mol. The van der Waals surface area contributed by atoms with Crippen molar-refractivity contribution in [3.8, 4) is 0 Å². The van der Waals surface area contributed by atoms with Crippen LogP contribution in [-0.4, -0.2) is 50.7 Å². The predicted octanol–water partition coefficient (Wildman–Crippen LogP) is 10.4. The van der Waals surface area contributed by atoms with Crippen LogP contribution in [0.2, 0.25) is 0 Å². The van der Waals surface area contributed by atoms with Crippen LogP contribution in [0, 0.1) is 0 Å². The molecule has 7 nitrogen and oxygen atoms in total. The highest BCUT2D eigenvalue weighted by Crippen LogP contribution is 2.50. The number of carbonyl (C=O) groups excluding carboxylic acids is 2. The van der Waals surface area contributed by atoms with Gasteiger partial charge in [0.1, 0.15) is 13.2 Å². The van der Waals surface area contributed by atoms with Gasteiger partial charge in [0.2, 0.25) is 0 Å². The summed E-state index contributed by atoms with van der Waals surface area (Å²) < 4.78 is 29.8. The molecule has 0 bridgehead atoms. The van der Waals surface area contributed by atoms with E-state index in [1.807, 2.05) is 21.1 Å². The lowest BCUT2D eigenvalue weighted by Crippen LogP contribution is -3.00.